The Morgan fingerprint density at radius 3 is 2.43 bits per heavy atom. The summed E-state index contributed by atoms with van der Waals surface area (Å²) < 4.78 is 4.83. The van der Waals surface area contributed by atoms with Gasteiger partial charge >= 0.3 is 5.97 Å². The van der Waals surface area contributed by atoms with Crippen molar-refractivity contribution in [3.63, 3.8) is 0 Å². The van der Waals surface area contributed by atoms with Crippen molar-refractivity contribution in [3.05, 3.63) is 11.6 Å². The van der Waals surface area contributed by atoms with Crippen molar-refractivity contribution in [3.8, 4) is 0 Å². The van der Waals surface area contributed by atoms with E-state index in [4.69, 9.17) is 4.74 Å². The lowest BCUT2D eigenvalue weighted by Gasteiger charge is -2.13. The Kier molecular flexibility index (Phi) is 6.72. The maximum absolute atomic E-state index is 11.2. The molecule has 0 heterocycles. The van der Waals surface area contributed by atoms with Crippen molar-refractivity contribution >= 4 is 12.3 Å². The fourth-order valence-electron chi connectivity index (χ4n) is 1.32. The molecule has 0 aromatic heterocycles. The Morgan fingerprint density at radius 2 is 2.07 bits per heavy atom. The van der Waals surface area contributed by atoms with E-state index in [1.807, 2.05) is 6.92 Å². The summed E-state index contributed by atoms with van der Waals surface area (Å²) in [6, 6.07) is 0. The first kappa shape index (κ1) is 12.9. The summed E-state index contributed by atoms with van der Waals surface area (Å²) in [5.74, 6) is -0.239. The van der Waals surface area contributed by atoms with E-state index in [1.165, 1.54) is 0 Å². The number of ether oxygens (including phenoxy) is 1. The van der Waals surface area contributed by atoms with Crippen LogP contribution in [-0.4, -0.2) is 18.9 Å². The van der Waals surface area contributed by atoms with Gasteiger partial charge in [0, 0.05) is 0 Å². The topological polar surface area (TPSA) is 43.4 Å². The molecule has 0 aliphatic carbocycles. The van der Waals surface area contributed by atoms with Crippen LogP contribution in [0.4, 0.5) is 0 Å². The predicted molar refractivity (Wildman–Crippen MR) is 54.9 cm³/mol. The molecular weight excluding hydrogens is 180 g/mol. The number of carbonyl (C=O) groups is 2. The van der Waals surface area contributed by atoms with Crippen LogP contribution < -0.4 is 0 Å². The lowest BCUT2D eigenvalue weighted by Crippen LogP contribution is -2.13. The second kappa shape index (κ2) is 7.30. The molecule has 0 fully saturated rings. The number of rotatable bonds is 6. The van der Waals surface area contributed by atoms with Crippen LogP contribution in [0.5, 0.6) is 0 Å². The third-order valence-electron chi connectivity index (χ3n) is 2.15. The summed E-state index contributed by atoms with van der Waals surface area (Å²) in [6.07, 6.45) is 3.63. The van der Waals surface area contributed by atoms with Crippen molar-refractivity contribution in [2.24, 2.45) is 5.92 Å². The molecule has 80 valence electrons. The van der Waals surface area contributed by atoms with Crippen molar-refractivity contribution in [1.29, 1.82) is 0 Å². The van der Waals surface area contributed by atoms with Crippen LogP contribution in [0.15, 0.2) is 11.6 Å². The Balaban J connectivity index is 4.28. The molecule has 0 amide bonds. The van der Waals surface area contributed by atoms with E-state index in [0.29, 0.717) is 18.6 Å². The Morgan fingerprint density at radius 1 is 1.43 bits per heavy atom. The van der Waals surface area contributed by atoms with Crippen LogP contribution >= 0.6 is 0 Å². The maximum atomic E-state index is 11.2. The first-order valence-corrected chi connectivity index (χ1v) is 4.96. The highest BCUT2D eigenvalue weighted by molar-refractivity contribution is 5.77. The standard InChI is InChI=1S/C11H18O3/c1-4-9(10(5-2)8-12)7-11(13)14-6-3/h5,8-9H,4,6-7H2,1-3H3/b10-5-/t9-/m0/s1. The van der Waals surface area contributed by atoms with Gasteiger partial charge in [-0.25, -0.2) is 0 Å². The third-order valence-corrected chi connectivity index (χ3v) is 2.15. The minimum Gasteiger partial charge on any atom is -0.466 e. The minimum absolute atomic E-state index is 0.00319. The molecule has 0 spiro atoms. The van der Waals surface area contributed by atoms with Gasteiger partial charge in [-0.2, -0.15) is 0 Å². The van der Waals surface area contributed by atoms with E-state index in [1.54, 1.807) is 19.9 Å². The predicted octanol–water partition coefficient (Wildman–Crippen LogP) is 2.11. The second-order valence-corrected chi connectivity index (χ2v) is 3.02. The largest absolute Gasteiger partial charge is 0.466 e. The highest BCUT2D eigenvalue weighted by Crippen LogP contribution is 2.17. The van der Waals surface area contributed by atoms with Gasteiger partial charge in [0.25, 0.3) is 0 Å². The average Bonchev–Trinajstić information content (AvgIpc) is 2.18. The van der Waals surface area contributed by atoms with E-state index < -0.39 is 0 Å². The van der Waals surface area contributed by atoms with Crippen LogP contribution in [0.2, 0.25) is 0 Å². The van der Waals surface area contributed by atoms with E-state index in [2.05, 4.69) is 0 Å². The average molecular weight is 198 g/mol. The smallest absolute Gasteiger partial charge is 0.306 e. The molecule has 0 aliphatic rings. The number of allylic oxidation sites excluding steroid dienone is 2. The van der Waals surface area contributed by atoms with E-state index in [-0.39, 0.29) is 11.9 Å². The lowest BCUT2D eigenvalue weighted by atomic mass is 9.94. The highest BCUT2D eigenvalue weighted by Gasteiger charge is 2.16. The van der Waals surface area contributed by atoms with Crippen molar-refractivity contribution in [1.82, 2.24) is 0 Å². The lowest BCUT2D eigenvalue weighted by molar-refractivity contribution is -0.143. The summed E-state index contributed by atoms with van der Waals surface area (Å²) in [4.78, 5) is 21.8. The Labute approximate surface area is 85.1 Å². The fourth-order valence-corrected chi connectivity index (χ4v) is 1.32. The molecule has 3 nitrogen and oxygen atoms in total. The van der Waals surface area contributed by atoms with Crippen molar-refractivity contribution in [2.75, 3.05) is 6.61 Å². The molecule has 0 aliphatic heterocycles. The maximum Gasteiger partial charge on any atom is 0.306 e. The molecule has 3 heteroatoms. The monoisotopic (exact) mass is 198 g/mol. The summed E-state index contributed by atoms with van der Waals surface area (Å²) in [7, 11) is 0. The molecule has 0 radical (unpaired) electrons. The number of hydrogen-bond donors (Lipinski definition) is 0. The van der Waals surface area contributed by atoms with E-state index in [9.17, 15) is 9.59 Å². The number of aldehydes is 1. The van der Waals surface area contributed by atoms with E-state index >= 15 is 0 Å². The minimum atomic E-state index is -0.236. The van der Waals surface area contributed by atoms with Crippen molar-refractivity contribution in [2.45, 2.75) is 33.6 Å². The van der Waals surface area contributed by atoms with Gasteiger partial charge in [-0.3, -0.25) is 9.59 Å². The van der Waals surface area contributed by atoms with Gasteiger partial charge in [-0.1, -0.05) is 13.0 Å². The molecule has 14 heavy (non-hydrogen) atoms. The normalized spacial score (nSPS) is 13.5. The van der Waals surface area contributed by atoms with Gasteiger partial charge in [-0.05, 0) is 31.8 Å². The molecule has 1 atom stereocenters. The van der Waals surface area contributed by atoms with Crippen LogP contribution in [0.1, 0.15) is 33.6 Å². The summed E-state index contributed by atoms with van der Waals surface area (Å²) in [5, 5.41) is 0. The quantitative estimate of drug-likeness (QED) is 0.373. The van der Waals surface area contributed by atoms with Gasteiger partial charge in [-0.15, -0.1) is 0 Å². The molecular formula is C11H18O3. The van der Waals surface area contributed by atoms with Gasteiger partial charge in [0.05, 0.1) is 13.0 Å². The second-order valence-electron chi connectivity index (χ2n) is 3.02. The molecule has 0 rings (SSSR count). The van der Waals surface area contributed by atoms with Gasteiger partial charge in [0.2, 0.25) is 0 Å². The zero-order valence-corrected chi connectivity index (χ0v) is 9.08. The van der Waals surface area contributed by atoms with Crippen LogP contribution in [0.25, 0.3) is 0 Å². The number of esters is 1. The van der Waals surface area contributed by atoms with Crippen molar-refractivity contribution < 1.29 is 14.3 Å². The first-order valence-electron chi connectivity index (χ1n) is 4.96. The Bertz CT molecular complexity index is 219. The van der Waals surface area contributed by atoms with Crippen LogP contribution in [-0.2, 0) is 14.3 Å². The number of hydrogen-bond acceptors (Lipinski definition) is 3. The van der Waals surface area contributed by atoms with Gasteiger partial charge in [0.1, 0.15) is 6.29 Å². The SMILES string of the molecule is C/C=C(/C=O)[C@@H](CC)CC(=O)OCC. The Hall–Kier alpha value is -1.12. The highest BCUT2D eigenvalue weighted by atomic mass is 16.5. The van der Waals surface area contributed by atoms with Gasteiger partial charge in [0.15, 0.2) is 0 Å². The van der Waals surface area contributed by atoms with Crippen LogP contribution in [0, 0.1) is 5.92 Å². The van der Waals surface area contributed by atoms with E-state index in [0.717, 1.165) is 12.7 Å². The molecule has 0 saturated carbocycles. The molecule has 0 aromatic carbocycles. The summed E-state index contributed by atoms with van der Waals surface area (Å²) >= 11 is 0. The fraction of sp³-hybridized carbons (Fsp3) is 0.636. The zero-order valence-electron chi connectivity index (χ0n) is 9.08. The summed E-state index contributed by atoms with van der Waals surface area (Å²) in [6.45, 7) is 5.92. The zero-order chi connectivity index (χ0) is 11.0. The van der Waals surface area contributed by atoms with Crippen LogP contribution in [0.3, 0.4) is 0 Å². The van der Waals surface area contributed by atoms with Gasteiger partial charge < -0.3 is 4.74 Å². The molecule has 0 saturated heterocycles. The molecule has 0 bridgehead atoms. The molecule has 0 unspecified atom stereocenters. The molecule has 0 aromatic rings. The first-order chi connectivity index (χ1) is 6.69. The molecule has 0 N–H and O–H groups in total. The number of carbonyl (C=O) groups excluding carboxylic acids is 2. The third kappa shape index (κ3) is 4.21. The summed E-state index contributed by atoms with van der Waals surface area (Å²) in [5.41, 5.74) is 0.681.